The first-order chi connectivity index (χ1) is 16.1. The third-order valence-electron chi connectivity index (χ3n) is 5.24. The van der Waals surface area contributed by atoms with Gasteiger partial charge >= 0.3 is 0 Å². The van der Waals surface area contributed by atoms with Crippen LogP contribution < -0.4 is 5.32 Å². The van der Waals surface area contributed by atoms with Gasteiger partial charge in [0.2, 0.25) is 10.0 Å². The molecule has 1 aromatic heterocycles. The molecule has 12 heteroatoms. The average Bonchev–Trinajstić information content (AvgIpc) is 3.27. The van der Waals surface area contributed by atoms with Gasteiger partial charge in [0.1, 0.15) is 0 Å². The molecule has 2 aromatic carbocycles. The Bertz CT molecular complexity index is 1300. The largest absolute Gasteiger partial charge is 0.373 e. The number of nitro benzene ring substituents is 1. The minimum atomic E-state index is -3.70. The number of carbonyl (C=O) groups is 1. The fourth-order valence-corrected chi connectivity index (χ4v) is 5.95. The summed E-state index contributed by atoms with van der Waals surface area (Å²) in [6, 6.07) is 11.7. The molecular formula is C22H22N4O6S2. The Balaban J connectivity index is 1.44. The number of amides is 1. The number of non-ortho nitro benzene ring substituents is 1. The summed E-state index contributed by atoms with van der Waals surface area (Å²) in [4.78, 5) is 27.4. The van der Waals surface area contributed by atoms with E-state index in [4.69, 9.17) is 4.74 Å². The van der Waals surface area contributed by atoms with E-state index in [2.05, 4.69) is 10.3 Å². The molecule has 1 amide bonds. The van der Waals surface area contributed by atoms with Gasteiger partial charge in [-0.25, -0.2) is 13.4 Å². The standard InChI is InChI=1S/C22H22N4O6S2/c1-14-11-25(12-15(2)32-14)34(30,31)19-9-5-17(6-10-19)21(27)24-22-23-20(13-33-22)16-3-7-18(8-4-16)26(28)29/h3-10,13-15H,11-12H2,1-2H3,(H,23,24,27)/t14-,15-/m0/s1. The predicted octanol–water partition coefficient (Wildman–Crippen LogP) is 3.77. The molecule has 3 aromatic rings. The number of nitrogens with one attached hydrogen (secondary N) is 1. The third kappa shape index (κ3) is 5.14. The van der Waals surface area contributed by atoms with Gasteiger partial charge in [0.05, 0.1) is 27.7 Å². The van der Waals surface area contributed by atoms with E-state index in [9.17, 15) is 23.3 Å². The van der Waals surface area contributed by atoms with Crippen LogP contribution in [0.3, 0.4) is 0 Å². The Morgan fingerprint density at radius 3 is 2.32 bits per heavy atom. The van der Waals surface area contributed by atoms with Gasteiger partial charge in [0.15, 0.2) is 5.13 Å². The summed E-state index contributed by atoms with van der Waals surface area (Å²) < 4.78 is 32.9. The molecule has 2 atom stereocenters. The van der Waals surface area contributed by atoms with E-state index in [0.717, 1.165) is 0 Å². The summed E-state index contributed by atoms with van der Waals surface area (Å²) >= 11 is 1.21. The number of morpholine rings is 1. The van der Waals surface area contributed by atoms with Gasteiger partial charge in [-0.1, -0.05) is 0 Å². The lowest BCUT2D eigenvalue weighted by Gasteiger charge is -2.34. The Morgan fingerprint density at radius 1 is 1.12 bits per heavy atom. The van der Waals surface area contributed by atoms with E-state index < -0.39 is 20.9 Å². The third-order valence-corrected chi connectivity index (χ3v) is 7.84. The van der Waals surface area contributed by atoms with Crippen LogP contribution in [0.2, 0.25) is 0 Å². The topological polar surface area (TPSA) is 132 Å². The quantitative estimate of drug-likeness (QED) is 0.401. The van der Waals surface area contributed by atoms with Crippen LogP contribution in [0.15, 0.2) is 58.8 Å². The zero-order valence-electron chi connectivity index (χ0n) is 18.4. The van der Waals surface area contributed by atoms with Crippen LogP contribution in [0.25, 0.3) is 11.3 Å². The van der Waals surface area contributed by atoms with Gasteiger partial charge in [-0.15, -0.1) is 11.3 Å². The maximum Gasteiger partial charge on any atom is 0.269 e. The summed E-state index contributed by atoms with van der Waals surface area (Å²) in [7, 11) is -3.70. The lowest BCUT2D eigenvalue weighted by atomic mass is 10.1. The van der Waals surface area contributed by atoms with E-state index in [1.54, 1.807) is 17.5 Å². The first-order valence-electron chi connectivity index (χ1n) is 10.4. The molecule has 4 rings (SSSR count). The lowest BCUT2D eigenvalue weighted by Crippen LogP contribution is -2.48. The zero-order chi connectivity index (χ0) is 24.5. The first-order valence-corrected chi connectivity index (χ1v) is 12.7. The van der Waals surface area contributed by atoms with Crippen molar-refractivity contribution in [1.82, 2.24) is 9.29 Å². The number of anilines is 1. The molecule has 34 heavy (non-hydrogen) atoms. The molecule has 1 aliphatic heterocycles. The second kappa shape index (κ2) is 9.58. The monoisotopic (exact) mass is 502 g/mol. The van der Waals surface area contributed by atoms with Crippen LogP contribution in [0.4, 0.5) is 10.8 Å². The summed E-state index contributed by atoms with van der Waals surface area (Å²) in [5.74, 6) is -0.429. The number of ether oxygens (including phenoxy) is 1. The highest BCUT2D eigenvalue weighted by Gasteiger charge is 2.32. The van der Waals surface area contributed by atoms with E-state index in [-0.39, 0.29) is 41.4 Å². The molecular weight excluding hydrogens is 480 g/mol. The molecule has 1 saturated heterocycles. The summed E-state index contributed by atoms with van der Waals surface area (Å²) in [6.45, 7) is 4.21. The number of rotatable bonds is 6. The van der Waals surface area contributed by atoms with Crippen LogP contribution >= 0.6 is 11.3 Å². The number of sulfonamides is 1. The zero-order valence-corrected chi connectivity index (χ0v) is 20.0. The molecule has 2 heterocycles. The van der Waals surface area contributed by atoms with Crippen LogP contribution in [0.5, 0.6) is 0 Å². The number of hydrogen-bond donors (Lipinski definition) is 1. The fraction of sp³-hybridized carbons (Fsp3) is 0.273. The maximum absolute atomic E-state index is 13.0. The minimum absolute atomic E-state index is 0.0180. The van der Waals surface area contributed by atoms with Gasteiger partial charge in [-0.2, -0.15) is 4.31 Å². The van der Waals surface area contributed by atoms with Gasteiger partial charge in [0, 0.05) is 41.7 Å². The van der Waals surface area contributed by atoms with E-state index in [0.29, 0.717) is 16.4 Å². The highest BCUT2D eigenvalue weighted by Crippen LogP contribution is 2.27. The van der Waals surface area contributed by atoms with Crippen molar-refractivity contribution in [3.8, 4) is 11.3 Å². The van der Waals surface area contributed by atoms with Crippen LogP contribution in [0, 0.1) is 10.1 Å². The van der Waals surface area contributed by atoms with Gasteiger partial charge < -0.3 is 4.74 Å². The number of nitro groups is 1. The van der Waals surface area contributed by atoms with Crippen molar-refractivity contribution < 1.29 is 22.9 Å². The molecule has 1 aliphatic rings. The predicted molar refractivity (Wildman–Crippen MR) is 127 cm³/mol. The van der Waals surface area contributed by atoms with Crippen molar-refractivity contribution in [3.05, 3.63) is 69.6 Å². The number of carbonyl (C=O) groups excluding carboxylic acids is 1. The SMILES string of the molecule is C[C@H]1CN(S(=O)(=O)c2ccc(C(=O)Nc3nc(-c4ccc([N+](=O)[O-])cc4)cs3)cc2)C[C@H](C)O1. The second-order valence-electron chi connectivity index (χ2n) is 7.90. The highest BCUT2D eigenvalue weighted by atomic mass is 32.2. The van der Waals surface area contributed by atoms with Crippen molar-refractivity contribution >= 4 is 38.1 Å². The molecule has 0 radical (unpaired) electrons. The minimum Gasteiger partial charge on any atom is -0.373 e. The average molecular weight is 503 g/mol. The van der Waals surface area contributed by atoms with Gasteiger partial charge in [0.25, 0.3) is 11.6 Å². The Morgan fingerprint density at radius 2 is 1.74 bits per heavy atom. The summed E-state index contributed by atoms with van der Waals surface area (Å²) in [5.41, 5.74) is 1.53. The Labute approximate surface area is 200 Å². The Kier molecular flexibility index (Phi) is 6.75. The van der Waals surface area contributed by atoms with Crippen molar-refractivity contribution in [2.24, 2.45) is 0 Å². The van der Waals surface area contributed by atoms with Crippen LogP contribution in [0.1, 0.15) is 24.2 Å². The molecule has 178 valence electrons. The molecule has 0 saturated carbocycles. The molecule has 10 nitrogen and oxygen atoms in total. The van der Waals surface area contributed by atoms with Crippen molar-refractivity contribution in [3.63, 3.8) is 0 Å². The second-order valence-corrected chi connectivity index (χ2v) is 10.7. The van der Waals surface area contributed by atoms with Gasteiger partial charge in [-0.05, 0) is 50.2 Å². The molecule has 0 aliphatic carbocycles. The Hall–Kier alpha value is -3.19. The molecule has 0 unspecified atom stereocenters. The lowest BCUT2D eigenvalue weighted by molar-refractivity contribution is -0.384. The smallest absolute Gasteiger partial charge is 0.269 e. The number of hydrogen-bond acceptors (Lipinski definition) is 8. The van der Waals surface area contributed by atoms with Crippen molar-refractivity contribution in [1.29, 1.82) is 0 Å². The number of nitrogens with zero attached hydrogens (tertiary/aromatic N) is 3. The van der Waals surface area contributed by atoms with Gasteiger partial charge in [-0.3, -0.25) is 20.2 Å². The van der Waals surface area contributed by atoms with Crippen LogP contribution in [-0.4, -0.2) is 53.8 Å². The molecule has 1 fully saturated rings. The fourth-order valence-electron chi connectivity index (χ4n) is 3.64. The van der Waals surface area contributed by atoms with Crippen LogP contribution in [-0.2, 0) is 14.8 Å². The number of aromatic nitrogens is 1. The summed E-state index contributed by atoms with van der Waals surface area (Å²) in [6.07, 6.45) is -0.393. The van der Waals surface area contributed by atoms with Crippen molar-refractivity contribution in [2.45, 2.75) is 31.0 Å². The van der Waals surface area contributed by atoms with Crippen molar-refractivity contribution in [2.75, 3.05) is 18.4 Å². The molecule has 1 N–H and O–H groups in total. The number of thiazole rings is 1. The normalized spacial score (nSPS) is 19.0. The molecule has 0 bridgehead atoms. The highest BCUT2D eigenvalue weighted by molar-refractivity contribution is 7.89. The maximum atomic E-state index is 13.0. The first kappa shape index (κ1) is 24.0. The van der Waals surface area contributed by atoms with E-state index >= 15 is 0 Å². The molecule has 0 spiro atoms. The number of benzene rings is 2. The van der Waals surface area contributed by atoms with E-state index in [1.807, 2.05) is 13.8 Å². The summed E-state index contributed by atoms with van der Waals surface area (Å²) in [5, 5.41) is 15.6. The van der Waals surface area contributed by atoms with E-state index in [1.165, 1.54) is 52.0 Å².